The lowest BCUT2D eigenvalue weighted by Gasteiger charge is -2.14. The van der Waals surface area contributed by atoms with Crippen LogP contribution >= 0.6 is 0 Å². The Bertz CT molecular complexity index is 6750. The SMILES string of the molecule is c1ccc(-c2nc(-c3ccc4ccc(-c5ccc(-c6ccc(-c7ccc(-c8nc(-c9ccccc9)nc(-c9ccc%10ccccc%10c9)n8)c8c7oc7ccccc78)c7ccccc67)cc5)cc4c3)nc(-c3cccc4oc5c(-c6ccc(-c7ccccc7)c7ccccc67)cccc5c34)n2)cc1. The van der Waals surface area contributed by atoms with Gasteiger partial charge in [0.2, 0.25) is 0 Å². The van der Waals surface area contributed by atoms with Crippen molar-refractivity contribution in [3.05, 3.63) is 340 Å². The van der Waals surface area contributed by atoms with Crippen molar-refractivity contribution in [2.45, 2.75) is 0 Å². The summed E-state index contributed by atoms with van der Waals surface area (Å²) in [7, 11) is 0. The van der Waals surface area contributed by atoms with Crippen LogP contribution in [0.15, 0.2) is 349 Å². The lowest BCUT2D eigenvalue weighted by molar-refractivity contribution is 0.669. The molecule has 102 heavy (non-hydrogen) atoms. The van der Waals surface area contributed by atoms with Crippen LogP contribution in [0.4, 0.5) is 0 Å². The molecule has 16 aromatic carbocycles. The first-order valence-corrected chi connectivity index (χ1v) is 34.3. The maximum atomic E-state index is 6.97. The number of nitrogens with zero attached hydrogens (tertiary/aromatic N) is 6. The third-order valence-corrected chi connectivity index (χ3v) is 20.0. The van der Waals surface area contributed by atoms with Crippen molar-refractivity contribution in [2.24, 2.45) is 0 Å². The number of hydrogen-bond acceptors (Lipinski definition) is 8. The van der Waals surface area contributed by atoms with Crippen LogP contribution in [0.2, 0.25) is 0 Å². The summed E-state index contributed by atoms with van der Waals surface area (Å²) >= 11 is 0. The van der Waals surface area contributed by atoms with Crippen LogP contribution in [0.1, 0.15) is 0 Å². The number of rotatable bonds is 11. The summed E-state index contributed by atoms with van der Waals surface area (Å²) < 4.78 is 13.9. The van der Waals surface area contributed by atoms with Gasteiger partial charge in [-0.05, 0) is 130 Å². The standard InChI is InChI=1S/C94H56N6O2/c1-4-21-60(22-5-1)69-48-50-75(73-30-14-12-28-71(69)73)77-33-18-34-80-85-81(35-19-37-84(85)102-87(77)80)93-97-89(62-23-6-2-7-24-62)96-92(99-93)67-47-42-59-40-45-65(55-68(59)56-67)58-38-43-61(44-39-58)70-49-51-76(74-31-15-13-29-72(70)74)78-52-53-82(86-79-32-16-17-36-83(79)101-88(78)86)94-98-90(63-25-8-3-9-26-63)95-91(100-94)66-46-41-57-20-10-11-27-64(57)54-66/h1-56H. The summed E-state index contributed by atoms with van der Waals surface area (Å²) in [5, 5.41) is 12.9. The molecule has 8 nitrogen and oxygen atoms in total. The third-order valence-electron chi connectivity index (χ3n) is 20.0. The van der Waals surface area contributed by atoms with Crippen LogP contribution in [0.25, 0.3) is 211 Å². The Hall–Kier alpha value is -13.8. The topological polar surface area (TPSA) is 104 Å². The molecule has 0 unspecified atom stereocenters. The minimum atomic E-state index is 0.561. The van der Waals surface area contributed by atoms with Gasteiger partial charge in [0.15, 0.2) is 34.9 Å². The molecular formula is C94H56N6O2. The van der Waals surface area contributed by atoms with E-state index in [0.29, 0.717) is 34.9 Å². The summed E-state index contributed by atoms with van der Waals surface area (Å²) in [6.07, 6.45) is 0. The van der Waals surface area contributed by atoms with Crippen molar-refractivity contribution in [1.29, 1.82) is 0 Å². The van der Waals surface area contributed by atoms with Gasteiger partial charge in [-0.2, -0.15) is 0 Å². The van der Waals surface area contributed by atoms with Crippen molar-refractivity contribution in [3.63, 3.8) is 0 Å². The van der Waals surface area contributed by atoms with Gasteiger partial charge in [-0.15, -0.1) is 0 Å². The second-order valence-electron chi connectivity index (χ2n) is 26.0. The maximum absolute atomic E-state index is 6.97. The van der Waals surface area contributed by atoms with E-state index in [2.05, 4.69) is 267 Å². The molecule has 0 aliphatic rings. The first-order valence-electron chi connectivity index (χ1n) is 34.3. The van der Waals surface area contributed by atoms with E-state index in [4.69, 9.17) is 38.7 Å². The van der Waals surface area contributed by atoms with Crippen molar-refractivity contribution >= 4 is 87.0 Å². The highest BCUT2D eigenvalue weighted by Crippen LogP contribution is 2.47. The largest absolute Gasteiger partial charge is 0.455 e. The zero-order valence-corrected chi connectivity index (χ0v) is 54.8. The lowest BCUT2D eigenvalue weighted by Crippen LogP contribution is -2.00. The Kier molecular flexibility index (Phi) is 13.7. The molecule has 474 valence electrons. The van der Waals surface area contributed by atoms with Gasteiger partial charge < -0.3 is 8.83 Å². The number of fused-ring (bicyclic) bond motifs is 10. The van der Waals surface area contributed by atoms with Gasteiger partial charge in [-0.25, -0.2) is 29.9 Å². The predicted octanol–water partition coefficient (Wildman–Crippen LogP) is 24.8. The molecule has 0 fully saturated rings. The first kappa shape index (κ1) is 58.3. The number of hydrogen-bond donors (Lipinski definition) is 0. The van der Waals surface area contributed by atoms with Crippen LogP contribution in [0.3, 0.4) is 0 Å². The van der Waals surface area contributed by atoms with E-state index in [1.807, 2.05) is 72.8 Å². The molecule has 0 spiro atoms. The summed E-state index contributed by atoms with van der Waals surface area (Å²) in [6.45, 7) is 0. The highest BCUT2D eigenvalue weighted by Gasteiger charge is 2.25. The van der Waals surface area contributed by atoms with E-state index in [0.717, 1.165) is 159 Å². The third kappa shape index (κ3) is 9.99. The Labute approximate surface area is 585 Å². The molecule has 8 heteroatoms. The minimum Gasteiger partial charge on any atom is -0.455 e. The van der Waals surface area contributed by atoms with E-state index in [-0.39, 0.29) is 0 Å². The molecule has 0 bridgehead atoms. The molecule has 0 aliphatic heterocycles. The molecule has 4 aromatic heterocycles. The molecule has 0 saturated carbocycles. The molecular weight excluding hydrogens is 1250 g/mol. The van der Waals surface area contributed by atoms with Gasteiger partial charge >= 0.3 is 0 Å². The van der Waals surface area contributed by atoms with Gasteiger partial charge in [-0.1, -0.05) is 297 Å². The Morgan fingerprint density at radius 3 is 1.15 bits per heavy atom. The number of furan rings is 2. The number of para-hydroxylation sites is 2. The zero-order chi connectivity index (χ0) is 67.2. The van der Waals surface area contributed by atoms with Crippen molar-refractivity contribution in [2.75, 3.05) is 0 Å². The molecule has 4 heterocycles. The summed E-state index contributed by atoms with van der Waals surface area (Å²) in [4.78, 5) is 31.4. The number of benzene rings is 16. The van der Waals surface area contributed by atoms with E-state index < -0.39 is 0 Å². The number of aromatic nitrogens is 6. The normalized spacial score (nSPS) is 11.7. The minimum absolute atomic E-state index is 0.561. The van der Waals surface area contributed by atoms with Gasteiger partial charge in [0.05, 0.1) is 0 Å². The van der Waals surface area contributed by atoms with E-state index in [1.54, 1.807) is 0 Å². The van der Waals surface area contributed by atoms with Crippen LogP contribution in [0, 0.1) is 0 Å². The molecule has 20 rings (SSSR count). The van der Waals surface area contributed by atoms with Crippen LogP contribution < -0.4 is 0 Å². The van der Waals surface area contributed by atoms with Crippen LogP contribution in [0.5, 0.6) is 0 Å². The highest BCUT2D eigenvalue weighted by molar-refractivity contribution is 6.20. The first-order chi connectivity index (χ1) is 50.5. The van der Waals surface area contributed by atoms with Crippen LogP contribution in [-0.4, -0.2) is 29.9 Å². The highest BCUT2D eigenvalue weighted by atomic mass is 16.3. The fourth-order valence-corrected chi connectivity index (χ4v) is 15.1. The smallest absolute Gasteiger partial charge is 0.164 e. The van der Waals surface area contributed by atoms with Crippen molar-refractivity contribution in [3.8, 4) is 124 Å². The lowest BCUT2D eigenvalue weighted by atomic mass is 9.90. The summed E-state index contributed by atoms with van der Waals surface area (Å²) in [5.74, 6) is 3.49. The molecule has 0 aliphatic carbocycles. The molecule has 0 N–H and O–H groups in total. The molecule has 0 saturated heterocycles. The van der Waals surface area contributed by atoms with Gasteiger partial charge in [0.25, 0.3) is 0 Å². The average Bonchev–Trinajstić information content (AvgIpc) is 1.50. The Morgan fingerprint density at radius 2 is 0.529 bits per heavy atom. The van der Waals surface area contributed by atoms with Gasteiger partial charge in [0.1, 0.15) is 22.3 Å². The molecule has 20 aromatic rings. The second-order valence-corrected chi connectivity index (χ2v) is 26.0. The molecule has 0 amide bonds. The van der Waals surface area contributed by atoms with E-state index in [9.17, 15) is 0 Å². The molecule has 0 radical (unpaired) electrons. The summed E-state index contributed by atoms with van der Waals surface area (Å²) in [6, 6.07) is 119. The maximum Gasteiger partial charge on any atom is 0.164 e. The monoisotopic (exact) mass is 1300 g/mol. The summed E-state index contributed by atoms with van der Waals surface area (Å²) in [5.41, 5.74) is 19.4. The van der Waals surface area contributed by atoms with Crippen LogP contribution in [-0.2, 0) is 0 Å². The van der Waals surface area contributed by atoms with Crippen molar-refractivity contribution in [1.82, 2.24) is 29.9 Å². The second kappa shape index (κ2) is 24.0. The quantitative estimate of drug-likeness (QED) is 0.126. The Balaban J connectivity index is 0.642. The average molecular weight is 1300 g/mol. The zero-order valence-electron chi connectivity index (χ0n) is 54.8. The molecule has 0 atom stereocenters. The Morgan fingerprint density at radius 1 is 0.167 bits per heavy atom. The fourth-order valence-electron chi connectivity index (χ4n) is 15.1. The predicted molar refractivity (Wildman–Crippen MR) is 418 cm³/mol. The van der Waals surface area contributed by atoms with Gasteiger partial charge in [-0.3, -0.25) is 0 Å². The van der Waals surface area contributed by atoms with Crippen molar-refractivity contribution < 1.29 is 8.83 Å². The van der Waals surface area contributed by atoms with E-state index in [1.165, 1.54) is 16.5 Å². The fraction of sp³-hybridized carbons (Fsp3) is 0. The van der Waals surface area contributed by atoms with E-state index >= 15 is 0 Å². The van der Waals surface area contributed by atoms with Gasteiger partial charge in [0, 0.05) is 66.1 Å².